The lowest BCUT2D eigenvalue weighted by molar-refractivity contribution is -0.181. The lowest BCUT2D eigenvalue weighted by atomic mass is 9.52. The number of fused-ring (bicyclic) bond motifs is 3. The molecule has 1 aromatic carbocycles. The fourth-order valence-electron chi connectivity index (χ4n) is 7.14. The summed E-state index contributed by atoms with van der Waals surface area (Å²) < 4.78 is 0. The van der Waals surface area contributed by atoms with E-state index in [-0.39, 0.29) is 24.2 Å². The minimum atomic E-state index is -2.70. The van der Waals surface area contributed by atoms with Gasteiger partial charge in [-0.1, -0.05) is 29.4 Å². The van der Waals surface area contributed by atoms with Gasteiger partial charge in [0.15, 0.2) is 34.7 Å². The van der Waals surface area contributed by atoms with Crippen LogP contribution in [0.25, 0.3) is 0 Å². The third kappa shape index (κ3) is 3.63. The second-order valence-corrected chi connectivity index (χ2v) is 11.3. The summed E-state index contributed by atoms with van der Waals surface area (Å²) in [4.78, 5) is 67.7. The van der Waals surface area contributed by atoms with Crippen molar-refractivity contribution in [2.24, 2.45) is 29.4 Å². The molecule has 9 nitrogen and oxygen atoms in total. The van der Waals surface area contributed by atoms with Gasteiger partial charge in [-0.15, -0.1) is 0 Å². The van der Waals surface area contributed by atoms with Crippen molar-refractivity contribution < 1.29 is 34.2 Å². The molecule has 1 amide bonds. The van der Waals surface area contributed by atoms with Crippen molar-refractivity contribution in [2.75, 3.05) is 14.1 Å². The maximum atomic E-state index is 13.9. The Hall–Kier alpha value is -3.43. The lowest BCUT2D eigenvalue weighted by Crippen LogP contribution is -2.74. The van der Waals surface area contributed by atoms with Crippen molar-refractivity contribution in [2.45, 2.75) is 50.7 Å². The Balaban J connectivity index is 1.56. The number of Topliss-reactive ketones (excluding diaryl/α,β-unsaturated/α-hetero) is 4. The number of rotatable bonds is 5. The van der Waals surface area contributed by atoms with Crippen molar-refractivity contribution in [3.63, 3.8) is 0 Å². The van der Waals surface area contributed by atoms with E-state index in [1.54, 1.807) is 20.2 Å². The number of phenolic OH excluding ortho intramolecular Hbond substituents is 1. The quantitative estimate of drug-likeness (QED) is 0.487. The monoisotopic (exact) mass is 520 g/mol. The molecule has 4 aliphatic carbocycles. The number of hydrogen-bond donors (Lipinski definition) is 3. The predicted octanol–water partition coefficient (Wildman–Crippen LogP) is 1.08. The number of phenols is 1. The number of nitrogens with zero attached hydrogens (tertiary/aromatic N) is 1. The Morgan fingerprint density at radius 2 is 1.84 bits per heavy atom. The molecule has 2 saturated carbocycles. The smallest absolute Gasteiger partial charge is 0.235 e. The summed E-state index contributed by atoms with van der Waals surface area (Å²) in [7, 11) is 3.14. The van der Waals surface area contributed by atoms with Crippen LogP contribution < -0.4 is 5.73 Å². The molecule has 0 heterocycles. The predicted molar refractivity (Wildman–Crippen MR) is 136 cm³/mol. The van der Waals surface area contributed by atoms with Crippen LogP contribution in [0.1, 0.15) is 47.7 Å². The molecule has 6 atom stereocenters. The molecule has 4 N–H and O–H groups in total. The number of aliphatic hydroxyl groups is 1. The number of hydrogen-bond acceptors (Lipinski definition) is 8. The van der Waals surface area contributed by atoms with Gasteiger partial charge in [0.1, 0.15) is 5.75 Å². The second-order valence-electron chi connectivity index (χ2n) is 11.3. The van der Waals surface area contributed by atoms with Crippen LogP contribution in [-0.4, -0.2) is 69.9 Å². The first-order chi connectivity index (χ1) is 17.9. The number of benzene rings is 1. The molecule has 38 heavy (non-hydrogen) atoms. The van der Waals surface area contributed by atoms with E-state index in [0.29, 0.717) is 12.0 Å². The summed E-state index contributed by atoms with van der Waals surface area (Å²) >= 11 is 0. The number of aromatic hydroxyl groups is 1. The van der Waals surface area contributed by atoms with Crippen molar-refractivity contribution in [1.82, 2.24) is 4.90 Å². The molecule has 9 heteroatoms. The van der Waals surface area contributed by atoms with Gasteiger partial charge in [0, 0.05) is 5.92 Å². The number of carbonyl (C=O) groups excluding carboxylic acids is 5. The average Bonchev–Trinajstić information content (AvgIpc) is 3.25. The molecular weight excluding hydrogens is 488 g/mol. The van der Waals surface area contributed by atoms with Gasteiger partial charge in [-0.05, 0) is 76.2 Å². The standard InChI is InChI=1S/C29H32N2O7/c1-13-5-4-6-14(13)7-8-15-9-10-19(32)21-17(15)11-16-12-18-23(31(2)3)25(34)22(28(30)37)27(36)29(18,38)26(35)20(16)24(21)33/h4-5,9-10,16,18,20,22-23,32,38H,6-8,11-12H2,1-3H3,(H2,30,37)/t16-,18-,20?,22?,23-,29-/m1/s1. The van der Waals surface area contributed by atoms with E-state index in [1.165, 1.54) is 22.1 Å². The second kappa shape index (κ2) is 9.10. The van der Waals surface area contributed by atoms with E-state index in [2.05, 4.69) is 19.1 Å². The Morgan fingerprint density at radius 3 is 2.45 bits per heavy atom. The van der Waals surface area contributed by atoms with E-state index >= 15 is 0 Å². The molecule has 200 valence electrons. The molecule has 4 aliphatic rings. The lowest BCUT2D eigenvalue weighted by Gasteiger charge is -2.52. The molecule has 0 radical (unpaired) electrons. The molecule has 0 aromatic heterocycles. The highest BCUT2D eigenvalue weighted by atomic mass is 16.3. The normalized spacial score (nSPS) is 32.5. The van der Waals surface area contributed by atoms with Crippen molar-refractivity contribution in [1.29, 1.82) is 0 Å². The fourth-order valence-corrected chi connectivity index (χ4v) is 7.14. The summed E-state index contributed by atoms with van der Waals surface area (Å²) in [6.07, 6.45) is 6.85. The molecule has 1 aromatic rings. The van der Waals surface area contributed by atoms with E-state index in [1.807, 2.05) is 0 Å². The fraction of sp³-hybridized carbons (Fsp3) is 0.483. The molecule has 2 fully saturated rings. The van der Waals surface area contributed by atoms with Crippen LogP contribution >= 0.6 is 0 Å². The number of amides is 1. The van der Waals surface area contributed by atoms with Gasteiger partial charge in [0.25, 0.3) is 0 Å². The first kappa shape index (κ1) is 26.2. The Kier molecular flexibility index (Phi) is 6.27. The van der Waals surface area contributed by atoms with Crippen LogP contribution in [-0.2, 0) is 32.0 Å². The number of primary amides is 1. The van der Waals surface area contributed by atoms with Gasteiger partial charge in [-0.2, -0.15) is 0 Å². The summed E-state index contributed by atoms with van der Waals surface area (Å²) in [5.74, 6) is -10.2. The average molecular weight is 521 g/mol. The van der Waals surface area contributed by atoms with E-state index in [4.69, 9.17) is 5.73 Å². The maximum Gasteiger partial charge on any atom is 0.235 e. The zero-order valence-electron chi connectivity index (χ0n) is 21.7. The number of nitrogens with two attached hydrogens (primary N) is 1. The van der Waals surface area contributed by atoms with Gasteiger partial charge in [0.05, 0.1) is 17.5 Å². The summed E-state index contributed by atoms with van der Waals surface area (Å²) in [6.45, 7) is 2.06. The van der Waals surface area contributed by atoms with Crippen LogP contribution in [0.2, 0.25) is 0 Å². The number of likely N-dealkylation sites (N-methyl/N-ethyl adjacent to an activating group) is 1. The van der Waals surface area contributed by atoms with Crippen LogP contribution in [0.15, 0.2) is 35.4 Å². The number of allylic oxidation sites excluding steroid dienone is 4. The van der Waals surface area contributed by atoms with Gasteiger partial charge in [0.2, 0.25) is 5.91 Å². The van der Waals surface area contributed by atoms with Gasteiger partial charge >= 0.3 is 0 Å². The van der Waals surface area contributed by atoms with Crippen molar-refractivity contribution >= 4 is 29.0 Å². The highest BCUT2D eigenvalue weighted by molar-refractivity contribution is 6.32. The van der Waals surface area contributed by atoms with Crippen LogP contribution in [0, 0.1) is 23.7 Å². The Morgan fingerprint density at radius 1 is 1.13 bits per heavy atom. The van der Waals surface area contributed by atoms with Gasteiger partial charge in [-0.3, -0.25) is 28.9 Å². The highest BCUT2D eigenvalue weighted by Crippen LogP contribution is 2.51. The molecule has 2 unspecified atom stereocenters. The first-order valence-electron chi connectivity index (χ1n) is 12.9. The Bertz CT molecular complexity index is 1360. The number of aryl methyl sites for hydroxylation is 1. The van der Waals surface area contributed by atoms with E-state index in [0.717, 1.165) is 18.4 Å². The third-order valence-electron chi connectivity index (χ3n) is 9.03. The van der Waals surface area contributed by atoms with Crippen LogP contribution in [0.3, 0.4) is 0 Å². The van der Waals surface area contributed by atoms with E-state index in [9.17, 15) is 34.2 Å². The van der Waals surface area contributed by atoms with E-state index < -0.39 is 64.4 Å². The van der Waals surface area contributed by atoms with Crippen molar-refractivity contribution in [3.8, 4) is 5.75 Å². The largest absolute Gasteiger partial charge is 0.507 e. The third-order valence-corrected chi connectivity index (χ3v) is 9.03. The van der Waals surface area contributed by atoms with Crippen LogP contribution in [0.5, 0.6) is 5.75 Å². The van der Waals surface area contributed by atoms with Crippen molar-refractivity contribution in [3.05, 3.63) is 52.1 Å². The number of ketones is 4. The minimum absolute atomic E-state index is 0.0457. The molecule has 5 rings (SSSR count). The molecule has 0 spiro atoms. The van der Waals surface area contributed by atoms with Crippen LogP contribution in [0.4, 0.5) is 0 Å². The maximum absolute atomic E-state index is 13.9. The van der Waals surface area contributed by atoms with Gasteiger partial charge in [-0.25, -0.2) is 0 Å². The molecular formula is C29H32N2O7. The number of carbonyl (C=O) groups is 5. The highest BCUT2D eigenvalue weighted by Gasteiger charge is 2.69. The first-order valence-corrected chi connectivity index (χ1v) is 12.9. The summed E-state index contributed by atoms with van der Waals surface area (Å²) in [6, 6.07) is 2.14. The molecule has 0 bridgehead atoms. The minimum Gasteiger partial charge on any atom is -0.507 e. The molecule has 0 aliphatic heterocycles. The topological polar surface area (TPSA) is 155 Å². The SMILES string of the molecule is CC1=C(CCc2ccc(O)c3c2C[C@@H]2C[C@@H]4[C@@H](N(C)C)C(=O)C(C(N)=O)C(=O)[C@]4(O)C(=O)C2C3=O)CC=C1. The molecule has 0 saturated heterocycles. The van der Waals surface area contributed by atoms with Gasteiger partial charge < -0.3 is 15.9 Å². The summed E-state index contributed by atoms with van der Waals surface area (Å²) in [5, 5.41) is 22.3. The zero-order valence-corrected chi connectivity index (χ0v) is 21.7. The summed E-state index contributed by atoms with van der Waals surface area (Å²) in [5.41, 5.74) is 6.79. The Labute approximate surface area is 220 Å². The zero-order chi connectivity index (χ0) is 27.7.